The maximum atomic E-state index is 6.07. The Bertz CT molecular complexity index is 176. The zero-order valence-electron chi connectivity index (χ0n) is 6.55. The van der Waals surface area contributed by atoms with Gasteiger partial charge in [-0.25, -0.2) is 0 Å². The highest BCUT2D eigenvalue weighted by atomic mass is 35.5. The molecule has 1 fully saturated rings. The molecule has 2 heteroatoms. The molecular weight excluding hydrogens is 160 g/mol. The van der Waals surface area contributed by atoms with Gasteiger partial charge < -0.3 is 4.74 Å². The molecule has 1 saturated carbocycles. The maximum Gasteiger partial charge on any atom is 0.0665 e. The van der Waals surface area contributed by atoms with E-state index < -0.39 is 0 Å². The number of halogens is 1. The fraction of sp³-hybridized carbons (Fsp3) is 0.778. The van der Waals surface area contributed by atoms with Crippen LogP contribution < -0.4 is 0 Å². The first-order chi connectivity index (χ1) is 5.38. The summed E-state index contributed by atoms with van der Waals surface area (Å²) in [6.45, 7) is 0.722. The molecule has 0 spiro atoms. The predicted molar refractivity (Wildman–Crippen MR) is 45.6 cm³/mol. The van der Waals surface area contributed by atoms with E-state index in [2.05, 4.69) is 0 Å². The molecule has 0 radical (unpaired) electrons. The van der Waals surface area contributed by atoms with Gasteiger partial charge in [0.2, 0.25) is 0 Å². The zero-order chi connectivity index (χ0) is 7.68. The third kappa shape index (κ3) is 1.45. The van der Waals surface area contributed by atoms with Crippen LogP contribution in [-0.4, -0.2) is 12.7 Å². The largest absolute Gasteiger partial charge is 0.373 e. The lowest BCUT2D eigenvalue weighted by Gasteiger charge is -2.33. The fourth-order valence-electron chi connectivity index (χ4n) is 2.01. The summed E-state index contributed by atoms with van der Waals surface area (Å²) >= 11 is 6.07. The smallest absolute Gasteiger partial charge is 0.0665 e. The van der Waals surface area contributed by atoms with Crippen molar-refractivity contribution < 1.29 is 4.74 Å². The summed E-state index contributed by atoms with van der Waals surface area (Å²) in [5.74, 6) is 0.527. The Morgan fingerprint density at radius 3 is 3.00 bits per heavy atom. The second kappa shape index (κ2) is 3.16. The quantitative estimate of drug-likeness (QED) is 0.546. The summed E-state index contributed by atoms with van der Waals surface area (Å²) in [6.07, 6.45) is 7.49. The van der Waals surface area contributed by atoms with Gasteiger partial charge in [0.05, 0.1) is 12.7 Å². The van der Waals surface area contributed by atoms with Gasteiger partial charge in [0.15, 0.2) is 0 Å². The van der Waals surface area contributed by atoms with E-state index in [4.69, 9.17) is 16.3 Å². The average molecular weight is 173 g/mol. The van der Waals surface area contributed by atoms with Crippen LogP contribution in [0, 0.1) is 5.92 Å². The molecule has 2 atom stereocenters. The van der Waals surface area contributed by atoms with Crippen LogP contribution in [0.3, 0.4) is 0 Å². The van der Waals surface area contributed by atoms with Crippen molar-refractivity contribution in [3.63, 3.8) is 0 Å². The number of hydrogen-bond donors (Lipinski definition) is 0. The molecule has 0 bridgehead atoms. The van der Waals surface area contributed by atoms with E-state index in [0.717, 1.165) is 11.6 Å². The molecule has 0 aromatic heterocycles. The van der Waals surface area contributed by atoms with Gasteiger partial charge in [0.25, 0.3) is 0 Å². The van der Waals surface area contributed by atoms with Gasteiger partial charge in [0, 0.05) is 11.0 Å². The second-order valence-corrected chi connectivity index (χ2v) is 3.79. The molecule has 0 N–H and O–H groups in total. The van der Waals surface area contributed by atoms with Crippen molar-refractivity contribution in [2.24, 2.45) is 5.92 Å². The van der Waals surface area contributed by atoms with Crippen LogP contribution in [-0.2, 0) is 4.74 Å². The van der Waals surface area contributed by atoms with Gasteiger partial charge in [-0.05, 0) is 18.9 Å². The normalized spacial score (nSPS) is 37.7. The van der Waals surface area contributed by atoms with Gasteiger partial charge in [-0.15, -0.1) is 0 Å². The van der Waals surface area contributed by atoms with Crippen molar-refractivity contribution in [2.75, 3.05) is 6.61 Å². The topological polar surface area (TPSA) is 9.23 Å². The Balaban J connectivity index is 2.11. The molecule has 0 aromatic rings. The number of rotatable bonds is 0. The minimum absolute atomic E-state index is 0.432. The minimum atomic E-state index is 0.432. The molecule has 1 heterocycles. The van der Waals surface area contributed by atoms with E-state index in [-0.39, 0.29) is 0 Å². The van der Waals surface area contributed by atoms with E-state index in [1.54, 1.807) is 0 Å². The Morgan fingerprint density at radius 2 is 2.18 bits per heavy atom. The molecule has 62 valence electrons. The highest BCUT2D eigenvalue weighted by Crippen LogP contribution is 2.36. The molecule has 0 aromatic carbocycles. The first-order valence-electron chi connectivity index (χ1n) is 4.35. The van der Waals surface area contributed by atoms with Crippen molar-refractivity contribution in [3.8, 4) is 0 Å². The first kappa shape index (κ1) is 7.63. The Kier molecular flexibility index (Phi) is 2.19. The van der Waals surface area contributed by atoms with Gasteiger partial charge in [0.1, 0.15) is 0 Å². The third-order valence-electron chi connectivity index (χ3n) is 2.65. The number of ether oxygens (including phenoxy) is 1. The van der Waals surface area contributed by atoms with Crippen LogP contribution >= 0.6 is 11.6 Å². The summed E-state index contributed by atoms with van der Waals surface area (Å²) in [5, 5.41) is 1.04. The van der Waals surface area contributed by atoms with Crippen LogP contribution in [0.5, 0.6) is 0 Å². The highest BCUT2D eigenvalue weighted by Gasteiger charge is 2.29. The van der Waals surface area contributed by atoms with Crippen LogP contribution in [0.4, 0.5) is 0 Å². The van der Waals surface area contributed by atoms with E-state index in [1.807, 2.05) is 6.08 Å². The minimum Gasteiger partial charge on any atom is -0.373 e. The van der Waals surface area contributed by atoms with Crippen molar-refractivity contribution >= 4 is 11.6 Å². The van der Waals surface area contributed by atoms with Gasteiger partial charge in [-0.2, -0.15) is 0 Å². The molecule has 0 saturated heterocycles. The summed E-state index contributed by atoms with van der Waals surface area (Å²) < 4.78 is 5.59. The average Bonchev–Trinajstić information content (AvgIpc) is 2.06. The lowest BCUT2D eigenvalue weighted by molar-refractivity contribution is 0.00766. The maximum absolute atomic E-state index is 6.07. The Labute approximate surface area is 72.4 Å². The van der Waals surface area contributed by atoms with Crippen LogP contribution in [0.1, 0.15) is 25.7 Å². The van der Waals surface area contributed by atoms with Gasteiger partial charge in [-0.3, -0.25) is 0 Å². The van der Waals surface area contributed by atoms with E-state index >= 15 is 0 Å². The van der Waals surface area contributed by atoms with Crippen LogP contribution in [0.15, 0.2) is 11.1 Å². The molecule has 1 nitrogen and oxygen atoms in total. The molecule has 2 aliphatic rings. The SMILES string of the molecule is ClC1=CCO[C@H]2CCCC[C@H]12. The van der Waals surface area contributed by atoms with E-state index in [9.17, 15) is 0 Å². The Hall–Kier alpha value is -0.0100. The van der Waals surface area contributed by atoms with Crippen molar-refractivity contribution in [3.05, 3.63) is 11.1 Å². The summed E-state index contributed by atoms with van der Waals surface area (Å²) in [5.41, 5.74) is 0. The van der Waals surface area contributed by atoms with Crippen molar-refractivity contribution in [2.45, 2.75) is 31.8 Å². The van der Waals surface area contributed by atoms with E-state index in [0.29, 0.717) is 12.0 Å². The van der Waals surface area contributed by atoms with Crippen molar-refractivity contribution in [1.29, 1.82) is 0 Å². The molecule has 2 rings (SSSR count). The summed E-state index contributed by atoms with van der Waals surface area (Å²) in [6, 6.07) is 0. The highest BCUT2D eigenvalue weighted by molar-refractivity contribution is 6.29. The van der Waals surface area contributed by atoms with E-state index in [1.165, 1.54) is 25.7 Å². The van der Waals surface area contributed by atoms with Crippen LogP contribution in [0.2, 0.25) is 0 Å². The molecule has 11 heavy (non-hydrogen) atoms. The van der Waals surface area contributed by atoms with Gasteiger partial charge in [-0.1, -0.05) is 24.4 Å². The first-order valence-corrected chi connectivity index (χ1v) is 4.73. The Morgan fingerprint density at radius 1 is 1.36 bits per heavy atom. The molecular formula is C9H13ClO. The molecule has 0 amide bonds. The standard InChI is InChI=1S/C9H13ClO/c10-8-5-6-11-9-4-2-1-3-7(8)9/h5,7,9H,1-4,6H2/t7-,9+/m1/s1. The number of hydrogen-bond acceptors (Lipinski definition) is 1. The summed E-state index contributed by atoms with van der Waals surface area (Å²) in [7, 11) is 0. The molecule has 1 aliphatic carbocycles. The third-order valence-corrected chi connectivity index (χ3v) is 3.08. The predicted octanol–water partition coefficient (Wildman–Crippen LogP) is 2.70. The molecule has 1 aliphatic heterocycles. The lowest BCUT2D eigenvalue weighted by atomic mass is 9.85. The van der Waals surface area contributed by atoms with Gasteiger partial charge >= 0.3 is 0 Å². The molecule has 0 unspecified atom stereocenters. The summed E-state index contributed by atoms with van der Waals surface area (Å²) in [4.78, 5) is 0. The number of fused-ring (bicyclic) bond motifs is 1. The monoisotopic (exact) mass is 172 g/mol. The van der Waals surface area contributed by atoms with Crippen molar-refractivity contribution in [1.82, 2.24) is 0 Å². The van der Waals surface area contributed by atoms with Crippen LogP contribution in [0.25, 0.3) is 0 Å². The lowest BCUT2D eigenvalue weighted by Crippen LogP contribution is -2.31. The zero-order valence-corrected chi connectivity index (χ0v) is 7.31. The second-order valence-electron chi connectivity index (χ2n) is 3.35. The fourth-order valence-corrected chi connectivity index (χ4v) is 2.33.